The van der Waals surface area contributed by atoms with Crippen molar-refractivity contribution in [2.24, 2.45) is 0 Å². The lowest BCUT2D eigenvalue weighted by molar-refractivity contribution is -0.146. The van der Waals surface area contributed by atoms with Gasteiger partial charge in [0.25, 0.3) is 0 Å². The van der Waals surface area contributed by atoms with E-state index in [1.807, 2.05) is 0 Å². The topological polar surface area (TPSA) is 63.2 Å². The van der Waals surface area contributed by atoms with Crippen molar-refractivity contribution >= 4 is 15.7 Å². The third kappa shape index (κ3) is 3.02. The molecule has 0 radical (unpaired) electrons. The monoisotopic (exact) mass is 309 g/mol. The summed E-state index contributed by atoms with van der Waals surface area (Å²) in [5.41, 5.74) is 0.322. The van der Waals surface area contributed by atoms with Crippen molar-refractivity contribution in [1.29, 1.82) is 0 Å². The zero-order chi connectivity index (χ0) is 15.1. The van der Waals surface area contributed by atoms with Gasteiger partial charge in [-0.2, -0.15) is 13.2 Å². The van der Waals surface area contributed by atoms with Crippen LogP contribution in [0, 0.1) is 6.92 Å². The first-order valence-corrected chi connectivity index (χ1v) is 7.87. The van der Waals surface area contributed by atoms with Gasteiger partial charge in [0.2, 0.25) is 15.0 Å². The van der Waals surface area contributed by atoms with Crippen molar-refractivity contribution < 1.29 is 21.6 Å². The molecular weight excluding hydrogens is 295 g/mol. The highest BCUT2D eigenvalue weighted by molar-refractivity contribution is 7.90. The molecule has 2 rings (SSSR count). The maximum absolute atomic E-state index is 12.9. The molecule has 1 aliphatic rings. The molecule has 112 valence electrons. The lowest BCUT2D eigenvalue weighted by Crippen LogP contribution is -2.41. The van der Waals surface area contributed by atoms with Crippen molar-refractivity contribution in [1.82, 2.24) is 9.97 Å². The lowest BCUT2D eigenvalue weighted by Gasteiger charge is -2.27. The Kier molecular flexibility index (Phi) is 3.66. The van der Waals surface area contributed by atoms with Gasteiger partial charge < -0.3 is 4.90 Å². The van der Waals surface area contributed by atoms with E-state index >= 15 is 0 Å². The number of halogens is 3. The van der Waals surface area contributed by atoms with Crippen LogP contribution in [0.1, 0.15) is 18.5 Å². The van der Waals surface area contributed by atoms with E-state index in [0.29, 0.717) is 12.1 Å². The van der Waals surface area contributed by atoms with Crippen LogP contribution in [-0.4, -0.2) is 43.4 Å². The number of nitrogens with zero attached hydrogens (tertiary/aromatic N) is 3. The maximum Gasteiger partial charge on any atom is 0.408 e. The lowest BCUT2D eigenvalue weighted by atomic mass is 10.2. The summed E-state index contributed by atoms with van der Waals surface area (Å²) in [6.45, 7) is 1.72. The summed E-state index contributed by atoms with van der Waals surface area (Å²) >= 11 is 0. The number of sulfone groups is 1. The van der Waals surface area contributed by atoms with E-state index in [4.69, 9.17) is 0 Å². The van der Waals surface area contributed by atoms with Crippen LogP contribution >= 0.6 is 0 Å². The van der Waals surface area contributed by atoms with Crippen molar-refractivity contribution in [2.75, 3.05) is 17.7 Å². The van der Waals surface area contributed by atoms with E-state index in [1.165, 1.54) is 13.0 Å². The summed E-state index contributed by atoms with van der Waals surface area (Å²) < 4.78 is 61.7. The van der Waals surface area contributed by atoms with E-state index < -0.39 is 27.2 Å². The molecule has 20 heavy (non-hydrogen) atoms. The summed E-state index contributed by atoms with van der Waals surface area (Å²) in [4.78, 5) is 8.63. The first kappa shape index (κ1) is 15.0. The zero-order valence-corrected chi connectivity index (χ0v) is 11.8. The molecule has 1 aromatic rings. The predicted octanol–water partition coefficient (Wildman–Crippen LogP) is 1.72. The first-order valence-electron chi connectivity index (χ1n) is 5.98. The molecule has 0 aliphatic carbocycles. The van der Waals surface area contributed by atoms with Crippen molar-refractivity contribution in [3.8, 4) is 0 Å². The van der Waals surface area contributed by atoms with E-state index in [2.05, 4.69) is 9.97 Å². The Labute approximate surface area is 114 Å². The normalized spacial score (nSPS) is 20.4. The number of rotatable bonds is 2. The largest absolute Gasteiger partial charge is 0.408 e. The van der Waals surface area contributed by atoms with Gasteiger partial charge in [0.15, 0.2) is 0 Å². The molecule has 0 N–H and O–H groups in total. The van der Waals surface area contributed by atoms with Gasteiger partial charge in [-0.15, -0.1) is 0 Å². The minimum Gasteiger partial charge on any atom is -0.344 e. The Morgan fingerprint density at radius 1 is 1.35 bits per heavy atom. The van der Waals surface area contributed by atoms with Crippen LogP contribution < -0.4 is 4.90 Å². The maximum atomic E-state index is 12.9. The quantitative estimate of drug-likeness (QED) is 0.778. The molecule has 0 saturated carbocycles. The number of alkyl halides is 3. The number of hydrogen-bond acceptors (Lipinski definition) is 5. The minimum absolute atomic E-state index is 0.0118. The van der Waals surface area contributed by atoms with Crippen LogP contribution in [0.25, 0.3) is 0 Å². The number of aryl methyl sites for hydroxylation is 1. The second-order valence-electron chi connectivity index (χ2n) is 4.82. The molecule has 1 aromatic heterocycles. The van der Waals surface area contributed by atoms with Crippen LogP contribution in [0.2, 0.25) is 0 Å². The first-order chi connectivity index (χ1) is 9.09. The van der Waals surface area contributed by atoms with Gasteiger partial charge in [-0.05, 0) is 19.8 Å². The fraction of sp³-hybridized carbons (Fsp3) is 0.636. The molecule has 0 aromatic carbocycles. The highest BCUT2D eigenvalue weighted by Crippen LogP contribution is 2.35. The van der Waals surface area contributed by atoms with Crippen LogP contribution in [-0.2, 0) is 9.84 Å². The third-order valence-electron chi connectivity index (χ3n) is 3.08. The summed E-state index contributed by atoms with van der Waals surface area (Å²) in [5.74, 6) is 0.0118. The molecular formula is C11H14F3N3O2S. The third-order valence-corrected chi connectivity index (χ3v) is 3.92. The molecule has 1 atom stereocenters. The van der Waals surface area contributed by atoms with Crippen molar-refractivity contribution in [2.45, 2.75) is 37.1 Å². The van der Waals surface area contributed by atoms with E-state index in [-0.39, 0.29) is 18.8 Å². The standard InChI is InChI=1S/C11H14F3N3O2S/c1-7-6-9(16-10(15-7)20(2,18)19)17-5-3-4-8(17)11(12,13)14/h6,8H,3-5H2,1-2H3/t8-/m0/s1. The highest BCUT2D eigenvalue weighted by atomic mass is 32.2. The molecule has 1 aliphatic heterocycles. The van der Waals surface area contributed by atoms with Crippen molar-refractivity contribution in [3.63, 3.8) is 0 Å². The van der Waals surface area contributed by atoms with Crippen LogP contribution in [0.5, 0.6) is 0 Å². The van der Waals surface area contributed by atoms with Gasteiger partial charge in [-0.25, -0.2) is 18.4 Å². The Balaban J connectivity index is 2.45. The summed E-state index contributed by atoms with van der Waals surface area (Å²) in [7, 11) is -3.66. The Morgan fingerprint density at radius 2 is 2.00 bits per heavy atom. The number of aromatic nitrogens is 2. The van der Waals surface area contributed by atoms with Gasteiger partial charge in [-0.3, -0.25) is 0 Å². The Hall–Kier alpha value is -1.38. The van der Waals surface area contributed by atoms with E-state index in [9.17, 15) is 21.6 Å². The SMILES string of the molecule is Cc1cc(N2CCC[C@H]2C(F)(F)F)nc(S(C)(=O)=O)n1. The fourth-order valence-corrected chi connectivity index (χ4v) is 2.79. The minimum atomic E-state index is -4.36. The summed E-state index contributed by atoms with van der Waals surface area (Å²) in [6.07, 6.45) is -3.06. The Morgan fingerprint density at radius 3 is 2.55 bits per heavy atom. The molecule has 0 unspecified atom stereocenters. The van der Waals surface area contributed by atoms with Gasteiger partial charge >= 0.3 is 6.18 Å². The fourth-order valence-electron chi connectivity index (χ4n) is 2.22. The smallest absolute Gasteiger partial charge is 0.344 e. The van der Waals surface area contributed by atoms with Crippen LogP contribution in [0.4, 0.5) is 19.0 Å². The van der Waals surface area contributed by atoms with Gasteiger partial charge in [0, 0.05) is 24.6 Å². The predicted molar refractivity (Wildman–Crippen MR) is 66.3 cm³/mol. The molecule has 0 bridgehead atoms. The van der Waals surface area contributed by atoms with Gasteiger partial charge in [-0.1, -0.05) is 0 Å². The second kappa shape index (κ2) is 4.87. The summed E-state index contributed by atoms with van der Waals surface area (Å²) in [5, 5.41) is -0.444. The molecule has 5 nitrogen and oxygen atoms in total. The number of anilines is 1. The molecule has 9 heteroatoms. The average Bonchev–Trinajstić information content (AvgIpc) is 2.75. The van der Waals surface area contributed by atoms with Crippen LogP contribution in [0.3, 0.4) is 0 Å². The van der Waals surface area contributed by atoms with Gasteiger partial charge in [0.1, 0.15) is 11.9 Å². The molecule has 2 heterocycles. The Bertz CT molecular complexity index is 616. The molecule has 0 amide bonds. The van der Waals surface area contributed by atoms with Gasteiger partial charge in [0.05, 0.1) is 0 Å². The summed E-state index contributed by atoms with van der Waals surface area (Å²) in [6, 6.07) is -0.247. The van der Waals surface area contributed by atoms with Crippen LogP contribution in [0.15, 0.2) is 11.2 Å². The zero-order valence-electron chi connectivity index (χ0n) is 11.0. The van der Waals surface area contributed by atoms with E-state index in [0.717, 1.165) is 11.2 Å². The second-order valence-corrected chi connectivity index (χ2v) is 6.72. The van der Waals surface area contributed by atoms with E-state index in [1.54, 1.807) is 0 Å². The molecule has 1 saturated heterocycles. The average molecular weight is 309 g/mol. The van der Waals surface area contributed by atoms with Crippen molar-refractivity contribution in [3.05, 3.63) is 11.8 Å². The number of hydrogen-bond donors (Lipinski definition) is 0. The molecule has 1 fully saturated rings. The molecule has 0 spiro atoms. The highest BCUT2D eigenvalue weighted by Gasteiger charge is 2.46.